The number of hydrogen-bond acceptors (Lipinski definition) is 7. The van der Waals surface area contributed by atoms with Gasteiger partial charge in [0.2, 0.25) is 5.75 Å². The molecular weight excluding hydrogens is 452 g/mol. The maximum absolute atomic E-state index is 13.5. The van der Waals surface area contributed by atoms with Crippen LogP contribution < -0.4 is 30.8 Å². The fraction of sp³-hybridized carbons (Fsp3) is 0.440. The minimum absolute atomic E-state index is 0.0533. The Bertz CT molecular complexity index is 1350. The van der Waals surface area contributed by atoms with Crippen molar-refractivity contribution in [1.82, 2.24) is 14.1 Å². The molecule has 0 aliphatic carbocycles. The van der Waals surface area contributed by atoms with Crippen molar-refractivity contribution in [3.8, 4) is 17.2 Å². The lowest BCUT2D eigenvalue weighted by Gasteiger charge is -2.19. The number of nitrogens with zero attached hydrogens (tertiary/aromatic N) is 3. The van der Waals surface area contributed by atoms with Gasteiger partial charge in [0.05, 0.1) is 25.5 Å². The van der Waals surface area contributed by atoms with Gasteiger partial charge in [0.1, 0.15) is 5.39 Å². The van der Waals surface area contributed by atoms with Crippen molar-refractivity contribution in [1.29, 1.82) is 0 Å². The third-order valence-electron chi connectivity index (χ3n) is 5.53. The van der Waals surface area contributed by atoms with Gasteiger partial charge >= 0.3 is 5.69 Å². The highest BCUT2D eigenvalue weighted by Gasteiger charge is 2.23. The van der Waals surface area contributed by atoms with Crippen LogP contribution in [0.1, 0.15) is 56.5 Å². The van der Waals surface area contributed by atoms with Crippen molar-refractivity contribution in [3.63, 3.8) is 0 Å². The van der Waals surface area contributed by atoms with Crippen molar-refractivity contribution in [2.24, 2.45) is 14.1 Å². The maximum atomic E-state index is 13.5. The van der Waals surface area contributed by atoms with Crippen molar-refractivity contribution in [3.05, 3.63) is 50.3 Å². The molecule has 1 amide bonds. The zero-order valence-electron chi connectivity index (χ0n) is 21.2. The highest BCUT2D eigenvalue weighted by molar-refractivity contribution is 6.09. The lowest BCUT2D eigenvalue weighted by atomic mass is 10.0. The Morgan fingerprint density at radius 3 is 2.06 bits per heavy atom. The molecule has 0 radical (unpaired) electrons. The second-order valence-electron chi connectivity index (χ2n) is 8.20. The highest BCUT2D eigenvalue weighted by atomic mass is 16.5. The van der Waals surface area contributed by atoms with Crippen LogP contribution in [0.5, 0.6) is 17.2 Å². The number of rotatable bonds is 9. The molecule has 0 aliphatic heterocycles. The van der Waals surface area contributed by atoms with Gasteiger partial charge in [-0.3, -0.25) is 18.7 Å². The number of nitrogens with one attached hydrogen (secondary N) is 1. The van der Waals surface area contributed by atoms with Crippen LogP contribution in [0.4, 0.5) is 5.69 Å². The number of fused-ring (bicyclic) bond motifs is 1. The zero-order chi connectivity index (χ0) is 25.9. The number of carbonyl (C=O) groups is 1. The Labute approximate surface area is 203 Å². The molecule has 0 aliphatic rings. The van der Waals surface area contributed by atoms with Crippen LogP contribution in [0.3, 0.4) is 0 Å². The van der Waals surface area contributed by atoms with Gasteiger partial charge in [0.25, 0.3) is 11.5 Å². The molecule has 10 heteroatoms. The minimum atomic E-state index is -0.537. The van der Waals surface area contributed by atoms with E-state index in [2.05, 4.69) is 10.3 Å². The van der Waals surface area contributed by atoms with Crippen LogP contribution >= 0.6 is 0 Å². The summed E-state index contributed by atoms with van der Waals surface area (Å²) < 4.78 is 19.5. The predicted molar refractivity (Wildman–Crippen MR) is 134 cm³/mol. The number of aromatic nitrogens is 3. The quantitative estimate of drug-likeness (QED) is 0.496. The minimum Gasteiger partial charge on any atom is -0.490 e. The van der Waals surface area contributed by atoms with E-state index >= 15 is 0 Å². The number of carbonyl (C=O) groups excluding carboxylic acids is 1. The molecule has 35 heavy (non-hydrogen) atoms. The highest BCUT2D eigenvalue weighted by Crippen LogP contribution is 2.39. The zero-order valence-corrected chi connectivity index (χ0v) is 21.2. The first kappa shape index (κ1) is 25.8. The molecule has 1 aromatic carbocycles. The molecule has 0 spiro atoms. The molecule has 1 N–H and O–H groups in total. The summed E-state index contributed by atoms with van der Waals surface area (Å²) in [4.78, 5) is 43.4. The van der Waals surface area contributed by atoms with E-state index in [0.717, 1.165) is 4.57 Å². The maximum Gasteiger partial charge on any atom is 0.332 e. The van der Waals surface area contributed by atoms with Crippen LogP contribution in [0.2, 0.25) is 0 Å². The summed E-state index contributed by atoms with van der Waals surface area (Å²) in [6, 6.07) is 3.16. The monoisotopic (exact) mass is 484 g/mol. The van der Waals surface area contributed by atoms with E-state index in [9.17, 15) is 14.4 Å². The predicted octanol–water partition coefficient (Wildman–Crippen LogP) is 3.20. The van der Waals surface area contributed by atoms with E-state index in [1.165, 1.54) is 18.7 Å². The van der Waals surface area contributed by atoms with Crippen LogP contribution in [0.15, 0.2) is 27.9 Å². The summed E-state index contributed by atoms with van der Waals surface area (Å²) in [6.45, 7) is 10.5. The molecule has 0 saturated heterocycles. The van der Waals surface area contributed by atoms with E-state index in [-0.39, 0.29) is 22.5 Å². The third-order valence-corrected chi connectivity index (χ3v) is 5.53. The molecule has 0 atom stereocenters. The smallest absolute Gasteiger partial charge is 0.332 e. The Balaban J connectivity index is 2.22. The van der Waals surface area contributed by atoms with Gasteiger partial charge in [0.15, 0.2) is 17.1 Å². The molecule has 3 aromatic rings. The lowest BCUT2D eigenvalue weighted by Crippen LogP contribution is -2.38. The Morgan fingerprint density at radius 1 is 0.971 bits per heavy atom. The Hall–Kier alpha value is -3.82. The molecule has 0 bridgehead atoms. The summed E-state index contributed by atoms with van der Waals surface area (Å²) in [7, 11) is 2.93. The van der Waals surface area contributed by atoms with Gasteiger partial charge in [-0.15, -0.1) is 0 Å². The second kappa shape index (κ2) is 10.6. The van der Waals surface area contributed by atoms with Crippen LogP contribution in [0, 0.1) is 0 Å². The number of ether oxygens (including phenoxy) is 3. The first-order valence-corrected chi connectivity index (χ1v) is 11.6. The summed E-state index contributed by atoms with van der Waals surface area (Å²) in [5, 5.41) is 3.06. The number of aryl methyl sites for hydroxylation is 1. The number of benzene rings is 1. The molecule has 2 heterocycles. The Morgan fingerprint density at radius 2 is 1.54 bits per heavy atom. The van der Waals surface area contributed by atoms with E-state index in [1.54, 1.807) is 18.3 Å². The molecule has 2 aromatic heterocycles. The van der Waals surface area contributed by atoms with Crippen LogP contribution in [0.25, 0.3) is 11.0 Å². The molecule has 10 nitrogen and oxygen atoms in total. The van der Waals surface area contributed by atoms with Gasteiger partial charge in [-0.05, 0) is 44.4 Å². The number of amides is 1. The van der Waals surface area contributed by atoms with Gasteiger partial charge in [-0.1, -0.05) is 13.8 Å². The van der Waals surface area contributed by atoms with Crippen molar-refractivity contribution in [2.75, 3.05) is 25.1 Å². The lowest BCUT2D eigenvalue weighted by molar-refractivity contribution is 0.102. The molecule has 3 rings (SSSR count). The van der Waals surface area contributed by atoms with Crippen molar-refractivity contribution in [2.45, 2.75) is 40.5 Å². The summed E-state index contributed by atoms with van der Waals surface area (Å²) in [5.41, 5.74) is 0.402. The average molecular weight is 485 g/mol. The van der Waals surface area contributed by atoms with Gasteiger partial charge in [-0.2, -0.15) is 0 Å². The second-order valence-corrected chi connectivity index (χ2v) is 8.20. The van der Waals surface area contributed by atoms with Gasteiger partial charge in [0, 0.05) is 25.9 Å². The van der Waals surface area contributed by atoms with Crippen molar-refractivity contribution >= 4 is 22.6 Å². The first-order valence-electron chi connectivity index (χ1n) is 11.6. The summed E-state index contributed by atoms with van der Waals surface area (Å²) in [5.74, 6) is 0.663. The van der Waals surface area contributed by atoms with Gasteiger partial charge < -0.3 is 19.5 Å². The molecular formula is C25H32N4O6. The number of hydrogen-bond donors (Lipinski definition) is 1. The molecule has 0 saturated carbocycles. The summed E-state index contributed by atoms with van der Waals surface area (Å²) >= 11 is 0. The van der Waals surface area contributed by atoms with Crippen LogP contribution in [-0.4, -0.2) is 39.8 Å². The molecule has 0 unspecified atom stereocenters. The van der Waals surface area contributed by atoms with Crippen molar-refractivity contribution < 1.29 is 19.0 Å². The van der Waals surface area contributed by atoms with Gasteiger partial charge in [-0.25, -0.2) is 9.78 Å². The Kier molecular flexibility index (Phi) is 7.83. The summed E-state index contributed by atoms with van der Waals surface area (Å²) in [6.07, 6.45) is 1.58. The third kappa shape index (κ3) is 4.87. The normalized spacial score (nSPS) is 11.1. The topological polar surface area (TPSA) is 114 Å². The fourth-order valence-corrected chi connectivity index (χ4v) is 3.82. The number of anilines is 1. The average Bonchev–Trinajstić information content (AvgIpc) is 2.82. The van der Waals surface area contributed by atoms with E-state index < -0.39 is 17.2 Å². The fourth-order valence-electron chi connectivity index (χ4n) is 3.82. The SMILES string of the molecule is CCOc1cc(C(=O)Nc2c(C(C)C)cnc3c2c(=O)n(C)c(=O)n3C)cc(OCC)c1OCC. The molecule has 188 valence electrons. The van der Waals surface area contributed by atoms with Crippen LogP contribution in [-0.2, 0) is 14.1 Å². The van der Waals surface area contributed by atoms with E-state index in [4.69, 9.17) is 14.2 Å². The van der Waals surface area contributed by atoms with E-state index in [1.807, 2.05) is 34.6 Å². The first-order chi connectivity index (χ1) is 16.7. The standard InChI is InChI=1S/C25H32N4O6/c1-8-33-17-11-15(12-18(34-9-2)21(17)35-10-3)23(30)27-20-16(14(4)5)13-26-22-19(20)24(31)29(7)25(32)28(22)6/h11-14H,8-10H2,1-7H3,(H,26,27,30). The largest absolute Gasteiger partial charge is 0.490 e. The van der Waals surface area contributed by atoms with E-state index in [0.29, 0.717) is 48.3 Å². The molecule has 0 fully saturated rings. The number of pyridine rings is 1.